The van der Waals surface area contributed by atoms with E-state index in [2.05, 4.69) is 15.5 Å². The van der Waals surface area contributed by atoms with Gasteiger partial charge in [-0.05, 0) is 31.5 Å². The molecule has 1 N–H and O–H groups in total. The predicted octanol–water partition coefficient (Wildman–Crippen LogP) is 4.39. The van der Waals surface area contributed by atoms with Gasteiger partial charge in [-0.15, -0.1) is 0 Å². The molecular weight excluding hydrogens is 364 g/mol. The molecule has 29 heavy (non-hydrogen) atoms. The smallest absolute Gasteiger partial charge is 0.274 e. The lowest BCUT2D eigenvalue weighted by molar-refractivity contribution is -0.122. The number of hydrogen-bond donors (Lipinski definition) is 1. The van der Waals surface area contributed by atoms with Crippen molar-refractivity contribution in [2.75, 3.05) is 0 Å². The molecule has 0 aliphatic rings. The molecule has 4 rings (SSSR count). The van der Waals surface area contributed by atoms with Crippen LogP contribution in [0.15, 0.2) is 77.4 Å². The highest BCUT2D eigenvalue weighted by atomic mass is 16.5. The molecule has 0 aliphatic heterocycles. The highest BCUT2D eigenvalue weighted by molar-refractivity contribution is 5.77. The Labute approximate surface area is 169 Å². The van der Waals surface area contributed by atoms with E-state index >= 15 is 0 Å². The fourth-order valence-corrected chi connectivity index (χ4v) is 3.16. The second kappa shape index (κ2) is 8.14. The highest BCUT2D eigenvalue weighted by Crippen LogP contribution is 2.23. The van der Waals surface area contributed by atoms with Crippen LogP contribution in [0.3, 0.4) is 0 Å². The summed E-state index contributed by atoms with van der Waals surface area (Å²) in [7, 11) is 0. The summed E-state index contributed by atoms with van der Waals surface area (Å²) in [4.78, 5) is 17.0. The van der Waals surface area contributed by atoms with E-state index < -0.39 is 0 Å². The van der Waals surface area contributed by atoms with Crippen molar-refractivity contribution in [3.05, 3.63) is 84.1 Å². The van der Waals surface area contributed by atoms with Crippen LogP contribution in [0.2, 0.25) is 0 Å². The van der Waals surface area contributed by atoms with Crippen LogP contribution in [0, 0.1) is 6.92 Å². The Morgan fingerprint density at radius 2 is 1.83 bits per heavy atom. The number of carbonyl (C=O) groups excluding carboxylic acids is 1. The van der Waals surface area contributed by atoms with Crippen LogP contribution in [0.25, 0.3) is 23.0 Å². The molecule has 1 unspecified atom stereocenters. The second-order valence-electron chi connectivity index (χ2n) is 7.01. The van der Waals surface area contributed by atoms with Gasteiger partial charge >= 0.3 is 0 Å². The van der Waals surface area contributed by atoms with Gasteiger partial charge in [0.25, 0.3) is 5.89 Å². The Morgan fingerprint density at radius 1 is 1.07 bits per heavy atom. The van der Waals surface area contributed by atoms with Gasteiger partial charge in [0.1, 0.15) is 12.2 Å². The third-order valence-corrected chi connectivity index (χ3v) is 4.78. The molecule has 0 saturated carbocycles. The lowest BCUT2D eigenvalue weighted by Crippen LogP contribution is -2.30. The van der Waals surface area contributed by atoms with E-state index in [1.54, 1.807) is 4.57 Å². The number of aryl methyl sites for hydroxylation is 1. The standard InChI is InChI=1S/C23H22N4O2/c1-16-10-12-19(13-11-16)22-25-23(29-26-22)20-9-6-14-27(20)15-21(28)24-17(2)18-7-4-3-5-8-18/h3-14,17H,15H2,1-2H3,(H,24,28). The monoisotopic (exact) mass is 386 g/mol. The maximum atomic E-state index is 12.5. The van der Waals surface area contributed by atoms with Crippen LogP contribution in [0.5, 0.6) is 0 Å². The SMILES string of the molecule is Cc1ccc(-c2noc(-c3cccn3CC(=O)NC(C)c3ccccc3)n2)cc1. The normalized spacial score (nSPS) is 11.9. The van der Waals surface area contributed by atoms with Crippen molar-refractivity contribution in [2.24, 2.45) is 0 Å². The maximum absolute atomic E-state index is 12.5. The van der Waals surface area contributed by atoms with Crippen molar-refractivity contribution in [2.45, 2.75) is 26.4 Å². The van der Waals surface area contributed by atoms with Crippen molar-refractivity contribution in [1.29, 1.82) is 0 Å². The lowest BCUT2D eigenvalue weighted by Gasteiger charge is -2.15. The van der Waals surface area contributed by atoms with Crippen LogP contribution in [-0.2, 0) is 11.3 Å². The van der Waals surface area contributed by atoms with Crippen molar-refractivity contribution in [1.82, 2.24) is 20.0 Å². The Bertz CT molecular complexity index is 1100. The molecule has 2 aromatic heterocycles. The fraction of sp³-hybridized carbons (Fsp3) is 0.174. The molecule has 0 radical (unpaired) electrons. The Kier molecular flexibility index (Phi) is 5.24. The Morgan fingerprint density at radius 3 is 2.59 bits per heavy atom. The molecule has 2 aromatic carbocycles. The maximum Gasteiger partial charge on any atom is 0.274 e. The third-order valence-electron chi connectivity index (χ3n) is 4.78. The van der Waals surface area contributed by atoms with Gasteiger partial charge in [-0.1, -0.05) is 65.3 Å². The first-order valence-electron chi connectivity index (χ1n) is 9.51. The van der Waals surface area contributed by atoms with Crippen molar-refractivity contribution in [3.63, 3.8) is 0 Å². The summed E-state index contributed by atoms with van der Waals surface area (Å²) >= 11 is 0. The summed E-state index contributed by atoms with van der Waals surface area (Å²) in [6, 6.07) is 21.5. The zero-order valence-electron chi connectivity index (χ0n) is 16.4. The average Bonchev–Trinajstić information content (AvgIpc) is 3.38. The minimum absolute atomic E-state index is 0.0701. The first-order valence-corrected chi connectivity index (χ1v) is 9.51. The van der Waals surface area contributed by atoms with E-state index in [0.717, 1.165) is 11.1 Å². The summed E-state index contributed by atoms with van der Waals surface area (Å²) in [6.07, 6.45) is 1.83. The molecule has 0 spiro atoms. The van der Waals surface area contributed by atoms with Gasteiger partial charge in [0.15, 0.2) is 0 Å². The van der Waals surface area contributed by atoms with E-state index in [-0.39, 0.29) is 18.5 Å². The first kappa shape index (κ1) is 18.7. The van der Waals surface area contributed by atoms with Gasteiger partial charge in [-0.25, -0.2) is 0 Å². The van der Waals surface area contributed by atoms with E-state index in [9.17, 15) is 4.79 Å². The highest BCUT2D eigenvalue weighted by Gasteiger charge is 2.16. The molecular formula is C23H22N4O2. The van der Waals surface area contributed by atoms with E-state index in [0.29, 0.717) is 17.4 Å². The van der Waals surface area contributed by atoms with Crippen LogP contribution < -0.4 is 5.32 Å². The van der Waals surface area contributed by atoms with Crippen molar-refractivity contribution in [3.8, 4) is 23.0 Å². The second-order valence-corrected chi connectivity index (χ2v) is 7.01. The van der Waals surface area contributed by atoms with E-state index in [4.69, 9.17) is 4.52 Å². The average molecular weight is 386 g/mol. The third kappa shape index (κ3) is 4.27. The number of nitrogens with one attached hydrogen (secondary N) is 1. The summed E-state index contributed by atoms with van der Waals surface area (Å²) < 4.78 is 7.26. The minimum Gasteiger partial charge on any atom is -0.348 e. The van der Waals surface area contributed by atoms with Crippen LogP contribution in [-0.4, -0.2) is 20.6 Å². The van der Waals surface area contributed by atoms with Gasteiger partial charge < -0.3 is 14.4 Å². The van der Waals surface area contributed by atoms with E-state index in [1.807, 2.05) is 86.8 Å². The summed E-state index contributed by atoms with van der Waals surface area (Å²) in [5, 5.41) is 7.10. The largest absolute Gasteiger partial charge is 0.348 e. The zero-order valence-corrected chi connectivity index (χ0v) is 16.4. The van der Waals surface area contributed by atoms with Crippen molar-refractivity contribution < 1.29 is 9.32 Å². The topological polar surface area (TPSA) is 73.0 Å². The molecule has 6 nitrogen and oxygen atoms in total. The quantitative estimate of drug-likeness (QED) is 0.533. The molecule has 0 fully saturated rings. The number of aromatic nitrogens is 3. The van der Waals surface area contributed by atoms with Gasteiger partial charge in [0.2, 0.25) is 11.7 Å². The lowest BCUT2D eigenvalue weighted by atomic mass is 10.1. The molecule has 0 saturated heterocycles. The fourth-order valence-electron chi connectivity index (χ4n) is 3.16. The first-order chi connectivity index (χ1) is 14.1. The number of carbonyl (C=O) groups is 1. The summed E-state index contributed by atoms with van der Waals surface area (Å²) in [5.41, 5.74) is 3.83. The van der Waals surface area contributed by atoms with Crippen LogP contribution >= 0.6 is 0 Å². The predicted molar refractivity (Wildman–Crippen MR) is 111 cm³/mol. The molecule has 1 atom stereocenters. The molecule has 1 amide bonds. The summed E-state index contributed by atoms with van der Waals surface area (Å²) in [5.74, 6) is 0.821. The Hall–Kier alpha value is -3.67. The number of amides is 1. The van der Waals surface area contributed by atoms with Crippen LogP contribution in [0.1, 0.15) is 24.1 Å². The van der Waals surface area contributed by atoms with Gasteiger partial charge in [-0.2, -0.15) is 4.98 Å². The number of hydrogen-bond acceptors (Lipinski definition) is 4. The zero-order chi connectivity index (χ0) is 20.2. The molecule has 0 bridgehead atoms. The summed E-state index contributed by atoms with van der Waals surface area (Å²) in [6.45, 7) is 4.17. The van der Waals surface area contributed by atoms with Crippen molar-refractivity contribution >= 4 is 5.91 Å². The van der Waals surface area contributed by atoms with Gasteiger partial charge in [0, 0.05) is 11.8 Å². The number of nitrogens with zero attached hydrogens (tertiary/aromatic N) is 3. The van der Waals surface area contributed by atoms with Gasteiger partial charge in [-0.3, -0.25) is 4.79 Å². The number of rotatable bonds is 6. The molecule has 6 heteroatoms. The van der Waals surface area contributed by atoms with Gasteiger partial charge in [0.05, 0.1) is 6.04 Å². The van der Waals surface area contributed by atoms with E-state index in [1.165, 1.54) is 5.56 Å². The molecule has 146 valence electrons. The minimum atomic E-state index is -0.0860. The van der Waals surface area contributed by atoms with Crippen LogP contribution in [0.4, 0.5) is 0 Å². The molecule has 4 aromatic rings. The molecule has 0 aliphatic carbocycles. The Balaban J connectivity index is 1.47. The number of benzene rings is 2. The molecule has 2 heterocycles.